The van der Waals surface area contributed by atoms with Crippen molar-refractivity contribution >= 4 is 22.5 Å². The van der Waals surface area contributed by atoms with Gasteiger partial charge in [0.1, 0.15) is 5.82 Å². The first-order chi connectivity index (χ1) is 11.7. The summed E-state index contributed by atoms with van der Waals surface area (Å²) in [7, 11) is 0. The molecule has 124 valence electrons. The Hall–Kier alpha value is -2.60. The van der Waals surface area contributed by atoms with E-state index in [1.165, 1.54) is 0 Å². The first-order valence-corrected chi connectivity index (χ1v) is 8.34. The van der Waals surface area contributed by atoms with Gasteiger partial charge >= 0.3 is 0 Å². The first-order valence-electron chi connectivity index (χ1n) is 8.34. The van der Waals surface area contributed by atoms with Crippen LogP contribution in [0.15, 0.2) is 42.7 Å². The Bertz CT molecular complexity index is 851. The van der Waals surface area contributed by atoms with E-state index in [-0.39, 0.29) is 6.10 Å². The van der Waals surface area contributed by atoms with Crippen molar-refractivity contribution in [3.8, 4) is 5.82 Å². The summed E-state index contributed by atoms with van der Waals surface area (Å²) in [6, 6.07) is 10.1. The highest BCUT2D eigenvalue weighted by molar-refractivity contribution is 5.92. The number of aromatic nitrogens is 3. The molecule has 0 saturated heterocycles. The molecule has 2 aromatic heterocycles. The molecule has 6 heteroatoms. The molecule has 0 amide bonds. The van der Waals surface area contributed by atoms with Crippen LogP contribution in [0.3, 0.4) is 0 Å². The van der Waals surface area contributed by atoms with Crippen LogP contribution in [0, 0.1) is 0 Å². The Labute approximate surface area is 140 Å². The summed E-state index contributed by atoms with van der Waals surface area (Å²) < 4.78 is 2.02. The van der Waals surface area contributed by atoms with E-state index in [0.29, 0.717) is 12.0 Å². The second-order valence-electron chi connectivity index (χ2n) is 6.35. The van der Waals surface area contributed by atoms with E-state index in [0.717, 1.165) is 48.1 Å². The summed E-state index contributed by atoms with van der Waals surface area (Å²) in [6.07, 6.45) is 7.13. The molecule has 0 unspecified atom stereocenters. The number of hydrogen-bond acceptors (Lipinski definition) is 5. The van der Waals surface area contributed by atoms with Gasteiger partial charge in [-0.3, -0.25) is 0 Å². The molecule has 1 saturated carbocycles. The summed E-state index contributed by atoms with van der Waals surface area (Å²) in [4.78, 5) is 8.98. The van der Waals surface area contributed by atoms with E-state index in [1.54, 1.807) is 6.20 Å². The van der Waals surface area contributed by atoms with Crippen LogP contribution in [0.1, 0.15) is 25.7 Å². The number of nitrogens with zero attached hydrogens (tertiary/aromatic N) is 3. The van der Waals surface area contributed by atoms with Gasteiger partial charge in [-0.15, -0.1) is 0 Å². The quantitative estimate of drug-likeness (QED) is 0.645. The van der Waals surface area contributed by atoms with Gasteiger partial charge < -0.3 is 20.7 Å². The molecule has 1 fully saturated rings. The summed E-state index contributed by atoms with van der Waals surface area (Å²) in [5.74, 6) is 1.43. The molecule has 0 radical (unpaired) electrons. The van der Waals surface area contributed by atoms with Gasteiger partial charge in [-0.1, -0.05) is 6.07 Å². The predicted octanol–water partition coefficient (Wildman–Crippen LogP) is 2.72. The van der Waals surface area contributed by atoms with Crippen molar-refractivity contribution in [3.05, 3.63) is 42.7 Å². The van der Waals surface area contributed by atoms with Gasteiger partial charge in [-0.05, 0) is 49.9 Å². The van der Waals surface area contributed by atoms with E-state index in [2.05, 4.69) is 15.3 Å². The molecule has 0 spiro atoms. The number of hydrogen-bond donors (Lipinski definition) is 3. The fraction of sp³-hybridized carbons (Fsp3) is 0.333. The zero-order valence-corrected chi connectivity index (χ0v) is 13.4. The highest BCUT2D eigenvalue weighted by Gasteiger charge is 2.20. The van der Waals surface area contributed by atoms with E-state index in [1.807, 2.05) is 41.1 Å². The van der Waals surface area contributed by atoms with E-state index in [4.69, 9.17) is 5.73 Å². The van der Waals surface area contributed by atoms with Crippen LogP contribution < -0.4 is 11.1 Å². The minimum Gasteiger partial charge on any atom is -0.398 e. The zero-order chi connectivity index (χ0) is 16.5. The lowest BCUT2D eigenvalue weighted by Gasteiger charge is -2.26. The van der Waals surface area contributed by atoms with E-state index in [9.17, 15) is 5.11 Å². The average molecular weight is 323 g/mol. The summed E-state index contributed by atoms with van der Waals surface area (Å²) >= 11 is 0. The molecule has 0 aliphatic heterocycles. The first kappa shape index (κ1) is 15.0. The fourth-order valence-electron chi connectivity index (χ4n) is 3.35. The monoisotopic (exact) mass is 323 g/mol. The Morgan fingerprint density at radius 3 is 2.79 bits per heavy atom. The van der Waals surface area contributed by atoms with Gasteiger partial charge in [-0.2, -0.15) is 4.98 Å². The van der Waals surface area contributed by atoms with Crippen LogP contribution in [-0.2, 0) is 0 Å². The number of rotatable bonds is 3. The average Bonchev–Trinajstić information content (AvgIpc) is 3.03. The number of nitrogen functional groups attached to an aromatic ring is 1. The van der Waals surface area contributed by atoms with Crippen molar-refractivity contribution in [2.24, 2.45) is 0 Å². The second-order valence-corrected chi connectivity index (χ2v) is 6.35. The van der Waals surface area contributed by atoms with E-state index < -0.39 is 0 Å². The second kappa shape index (κ2) is 6.13. The number of nitrogens with one attached hydrogen (secondary N) is 1. The highest BCUT2D eigenvalue weighted by atomic mass is 16.3. The third-order valence-electron chi connectivity index (χ3n) is 4.68. The molecule has 24 heavy (non-hydrogen) atoms. The molecule has 1 aliphatic rings. The van der Waals surface area contributed by atoms with Crippen molar-refractivity contribution in [1.82, 2.24) is 14.5 Å². The maximum absolute atomic E-state index is 9.61. The number of aliphatic hydroxyl groups excluding tert-OH is 1. The SMILES string of the molecule is Nc1cccc2c1ccn2-c1ccnc(NC2CCC(O)CC2)n1. The molecule has 2 heterocycles. The topological polar surface area (TPSA) is 89.0 Å². The van der Waals surface area contributed by atoms with Gasteiger partial charge in [0.15, 0.2) is 0 Å². The third-order valence-corrected chi connectivity index (χ3v) is 4.68. The van der Waals surface area contributed by atoms with Gasteiger partial charge in [0.05, 0.1) is 11.6 Å². The zero-order valence-electron chi connectivity index (χ0n) is 13.4. The highest BCUT2D eigenvalue weighted by Crippen LogP contribution is 2.25. The number of fused-ring (bicyclic) bond motifs is 1. The predicted molar refractivity (Wildman–Crippen MR) is 95.2 cm³/mol. The molecular formula is C18H21N5O. The van der Waals surface area contributed by atoms with Crippen molar-refractivity contribution in [2.75, 3.05) is 11.1 Å². The number of nitrogens with two attached hydrogens (primary N) is 1. The van der Waals surface area contributed by atoms with Gasteiger partial charge in [0.2, 0.25) is 5.95 Å². The molecule has 0 bridgehead atoms. The van der Waals surface area contributed by atoms with Crippen LogP contribution in [-0.4, -0.2) is 31.8 Å². The van der Waals surface area contributed by atoms with Gasteiger partial charge in [0.25, 0.3) is 0 Å². The molecule has 4 N–H and O–H groups in total. The lowest BCUT2D eigenvalue weighted by molar-refractivity contribution is 0.126. The van der Waals surface area contributed by atoms with Crippen LogP contribution in [0.25, 0.3) is 16.7 Å². The van der Waals surface area contributed by atoms with Crippen LogP contribution in [0.5, 0.6) is 0 Å². The van der Waals surface area contributed by atoms with Crippen molar-refractivity contribution < 1.29 is 5.11 Å². The Kier molecular flexibility index (Phi) is 3.82. The summed E-state index contributed by atoms with van der Waals surface area (Å²) in [5, 5.41) is 14.0. The van der Waals surface area contributed by atoms with Crippen LogP contribution in [0.4, 0.5) is 11.6 Å². The lowest BCUT2D eigenvalue weighted by Crippen LogP contribution is -2.29. The van der Waals surface area contributed by atoms with Crippen molar-refractivity contribution in [2.45, 2.75) is 37.8 Å². The van der Waals surface area contributed by atoms with Crippen molar-refractivity contribution in [1.29, 1.82) is 0 Å². The molecule has 1 aromatic carbocycles. The minimum absolute atomic E-state index is 0.160. The largest absolute Gasteiger partial charge is 0.398 e. The number of anilines is 2. The number of aliphatic hydroxyl groups is 1. The van der Waals surface area contributed by atoms with E-state index >= 15 is 0 Å². The lowest BCUT2D eigenvalue weighted by atomic mass is 9.93. The third kappa shape index (κ3) is 2.80. The molecule has 3 aromatic rings. The van der Waals surface area contributed by atoms with Gasteiger partial charge in [0, 0.05) is 29.5 Å². The summed E-state index contributed by atoms with van der Waals surface area (Å²) in [6.45, 7) is 0. The molecule has 0 atom stereocenters. The minimum atomic E-state index is -0.160. The van der Waals surface area contributed by atoms with Crippen LogP contribution in [0.2, 0.25) is 0 Å². The molecular weight excluding hydrogens is 302 g/mol. The Morgan fingerprint density at radius 2 is 1.96 bits per heavy atom. The Morgan fingerprint density at radius 1 is 1.12 bits per heavy atom. The van der Waals surface area contributed by atoms with Crippen LogP contribution >= 0.6 is 0 Å². The molecule has 4 rings (SSSR count). The van der Waals surface area contributed by atoms with Gasteiger partial charge in [-0.25, -0.2) is 4.98 Å². The molecule has 6 nitrogen and oxygen atoms in total. The Balaban J connectivity index is 1.61. The maximum atomic E-state index is 9.61. The number of benzene rings is 1. The fourth-order valence-corrected chi connectivity index (χ4v) is 3.35. The summed E-state index contributed by atoms with van der Waals surface area (Å²) in [5.41, 5.74) is 7.83. The van der Waals surface area contributed by atoms with Crippen molar-refractivity contribution in [3.63, 3.8) is 0 Å². The smallest absolute Gasteiger partial charge is 0.224 e. The standard InChI is InChI=1S/C18H21N5O/c19-15-2-1-3-16-14(15)9-11-23(16)17-8-10-20-18(22-17)21-12-4-6-13(24)7-5-12/h1-3,8-13,24H,4-7,19H2,(H,20,21,22). The normalized spacial score (nSPS) is 21.0. The molecule has 1 aliphatic carbocycles. The maximum Gasteiger partial charge on any atom is 0.224 e.